The Hall–Kier alpha value is -0.710. The molecule has 1 aromatic carbocycles. The molecular formula is C12H11BrClNOS. The third-order valence-corrected chi connectivity index (χ3v) is 4.18. The number of hydrogen-bond acceptors (Lipinski definition) is 3. The van der Waals surface area contributed by atoms with Crippen molar-refractivity contribution in [2.45, 2.75) is 6.54 Å². The van der Waals surface area contributed by atoms with E-state index in [2.05, 4.69) is 21.2 Å². The van der Waals surface area contributed by atoms with Gasteiger partial charge < -0.3 is 10.1 Å². The Morgan fingerprint density at radius 3 is 2.82 bits per heavy atom. The molecule has 0 aliphatic rings. The normalized spacial score (nSPS) is 10.3. The fourth-order valence-electron chi connectivity index (χ4n) is 1.40. The Bertz CT molecular complexity index is 515. The molecule has 0 unspecified atom stereocenters. The van der Waals surface area contributed by atoms with Gasteiger partial charge in [0.15, 0.2) is 0 Å². The zero-order chi connectivity index (χ0) is 12.3. The predicted molar refractivity (Wildman–Crippen MR) is 77.3 cm³/mol. The summed E-state index contributed by atoms with van der Waals surface area (Å²) in [7, 11) is 1.66. The zero-order valence-electron chi connectivity index (χ0n) is 9.17. The molecule has 1 heterocycles. The molecule has 0 atom stereocenters. The van der Waals surface area contributed by atoms with E-state index in [9.17, 15) is 0 Å². The molecule has 0 aliphatic carbocycles. The first kappa shape index (κ1) is 12.7. The summed E-state index contributed by atoms with van der Waals surface area (Å²) in [6.45, 7) is 0.753. The molecule has 2 rings (SSSR count). The summed E-state index contributed by atoms with van der Waals surface area (Å²) in [6, 6.07) is 9.76. The average molecular weight is 333 g/mol. The topological polar surface area (TPSA) is 21.3 Å². The summed E-state index contributed by atoms with van der Waals surface area (Å²) in [4.78, 5) is 1.20. The van der Waals surface area contributed by atoms with Crippen LogP contribution < -0.4 is 10.1 Å². The molecule has 0 saturated carbocycles. The summed E-state index contributed by atoms with van der Waals surface area (Å²) in [5.41, 5.74) is 1.01. The third kappa shape index (κ3) is 3.37. The minimum Gasteiger partial charge on any atom is -0.497 e. The fraction of sp³-hybridized carbons (Fsp3) is 0.167. The van der Waals surface area contributed by atoms with Gasteiger partial charge in [0.1, 0.15) is 5.75 Å². The predicted octanol–water partition coefficient (Wildman–Crippen LogP) is 4.78. The van der Waals surface area contributed by atoms with E-state index in [1.54, 1.807) is 18.4 Å². The number of anilines is 1. The van der Waals surface area contributed by atoms with Crippen LogP contribution in [0.2, 0.25) is 4.34 Å². The van der Waals surface area contributed by atoms with Crippen LogP contribution in [0.25, 0.3) is 0 Å². The highest BCUT2D eigenvalue weighted by molar-refractivity contribution is 9.10. The van der Waals surface area contributed by atoms with E-state index < -0.39 is 0 Å². The van der Waals surface area contributed by atoms with Gasteiger partial charge in [-0.15, -0.1) is 11.3 Å². The van der Waals surface area contributed by atoms with Gasteiger partial charge in [0.2, 0.25) is 0 Å². The minimum atomic E-state index is 0.753. The molecule has 0 fully saturated rings. The monoisotopic (exact) mass is 331 g/mol. The smallest absolute Gasteiger partial charge is 0.121 e. The molecule has 90 valence electrons. The Morgan fingerprint density at radius 2 is 2.18 bits per heavy atom. The number of rotatable bonds is 4. The maximum absolute atomic E-state index is 5.88. The summed E-state index contributed by atoms with van der Waals surface area (Å²) in [5, 5.41) is 3.34. The van der Waals surface area contributed by atoms with E-state index in [4.69, 9.17) is 16.3 Å². The van der Waals surface area contributed by atoms with E-state index in [1.807, 2.05) is 30.3 Å². The standard InChI is InChI=1S/C12H11BrClNOS/c1-16-8-2-4-10(13)11(6-8)15-7-9-3-5-12(14)17-9/h2-6,15H,7H2,1H3. The number of halogens is 2. The highest BCUT2D eigenvalue weighted by atomic mass is 79.9. The molecule has 2 nitrogen and oxygen atoms in total. The fourth-order valence-corrected chi connectivity index (χ4v) is 2.81. The molecule has 0 bridgehead atoms. The van der Waals surface area contributed by atoms with Crippen LogP contribution >= 0.6 is 38.9 Å². The highest BCUT2D eigenvalue weighted by Crippen LogP contribution is 2.28. The van der Waals surface area contributed by atoms with Crippen LogP contribution in [0.4, 0.5) is 5.69 Å². The SMILES string of the molecule is COc1ccc(Br)c(NCc2ccc(Cl)s2)c1. The average Bonchev–Trinajstić information content (AvgIpc) is 2.74. The van der Waals surface area contributed by atoms with Crippen molar-refractivity contribution in [3.05, 3.63) is 44.0 Å². The van der Waals surface area contributed by atoms with E-state index in [0.29, 0.717) is 0 Å². The summed E-state index contributed by atoms with van der Waals surface area (Å²) >= 11 is 11.0. The van der Waals surface area contributed by atoms with Crippen molar-refractivity contribution in [1.29, 1.82) is 0 Å². The first-order valence-corrected chi connectivity index (χ1v) is 6.99. The van der Waals surface area contributed by atoms with Crippen LogP contribution in [-0.2, 0) is 6.54 Å². The molecular weight excluding hydrogens is 322 g/mol. The highest BCUT2D eigenvalue weighted by Gasteiger charge is 2.03. The molecule has 5 heteroatoms. The second kappa shape index (κ2) is 5.76. The first-order valence-electron chi connectivity index (χ1n) is 5.00. The number of nitrogens with one attached hydrogen (secondary N) is 1. The molecule has 0 spiro atoms. The Morgan fingerprint density at radius 1 is 1.35 bits per heavy atom. The lowest BCUT2D eigenvalue weighted by Gasteiger charge is -2.09. The van der Waals surface area contributed by atoms with Gasteiger partial charge in [0.05, 0.1) is 17.1 Å². The largest absolute Gasteiger partial charge is 0.497 e. The Balaban J connectivity index is 2.07. The van der Waals surface area contributed by atoms with Crippen molar-refractivity contribution >= 4 is 44.6 Å². The quantitative estimate of drug-likeness (QED) is 0.869. The van der Waals surface area contributed by atoms with Gasteiger partial charge in [-0.25, -0.2) is 0 Å². The van der Waals surface area contributed by atoms with Gasteiger partial charge in [0, 0.05) is 22.0 Å². The Labute approximate surface area is 118 Å². The van der Waals surface area contributed by atoms with Gasteiger partial charge in [-0.2, -0.15) is 0 Å². The van der Waals surface area contributed by atoms with Gasteiger partial charge in [-0.1, -0.05) is 11.6 Å². The maximum atomic E-state index is 5.88. The van der Waals surface area contributed by atoms with Crippen molar-refractivity contribution in [3.8, 4) is 5.75 Å². The second-order valence-corrected chi connectivity index (χ2v) is 6.06. The summed E-state index contributed by atoms with van der Waals surface area (Å²) in [6.07, 6.45) is 0. The van der Waals surface area contributed by atoms with Gasteiger partial charge in [-0.3, -0.25) is 0 Å². The van der Waals surface area contributed by atoms with Crippen LogP contribution in [0.15, 0.2) is 34.8 Å². The van der Waals surface area contributed by atoms with Crippen molar-refractivity contribution in [1.82, 2.24) is 0 Å². The summed E-state index contributed by atoms with van der Waals surface area (Å²) in [5.74, 6) is 0.833. The van der Waals surface area contributed by atoms with Gasteiger partial charge in [-0.05, 0) is 40.2 Å². The molecule has 17 heavy (non-hydrogen) atoms. The van der Waals surface area contributed by atoms with Crippen LogP contribution in [-0.4, -0.2) is 7.11 Å². The van der Waals surface area contributed by atoms with Crippen molar-refractivity contribution in [2.24, 2.45) is 0 Å². The van der Waals surface area contributed by atoms with Crippen LogP contribution in [0, 0.1) is 0 Å². The molecule has 0 saturated heterocycles. The first-order chi connectivity index (χ1) is 8.19. The van der Waals surface area contributed by atoms with Crippen LogP contribution in [0.1, 0.15) is 4.88 Å². The number of methoxy groups -OCH3 is 1. The lowest BCUT2D eigenvalue weighted by Crippen LogP contribution is -1.98. The molecule has 0 radical (unpaired) electrons. The van der Waals surface area contributed by atoms with E-state index >= 15 is 0 Å². The molecule has 1 N–H and O–H groups in total. The van der Waals surface area contributed by atoms with Crippen molar-refractivity contribution in [3.63, 3.8) is 0 Å². The van der Waals surface area contributed by atoms with Crippen LogP contribution in [0.3, 0.4) is 0 Å². The number of hydrogen-bond donors (Lipinski definition) is 1. The van der Waals surface area contributed by atoms with E-state index in [1.165, 1.54) is 4.88 Å². The molecule has 0 amide bonds. The lowest BCUT2D eigenvalue weighted by molar-refractivity contribution is 0.415. The van der Waals surface area contributed by atoms with Gasteiger partial charge in [0.25, 0.3) is 0 Å². The van der Waals surface area contributed by atoms with E-state index in [-0.39, 0.29) is 0 Å². The molecule has 2 aromatic rings. The van der Waals surface area contributed by atoms with Crippen molar-refractivity contribution < 1.29 is 4.74 Å². The van der Waals surface area contributed by atoms with Gasteiger partial charge >= 0.3 is 0 Å². The molecule has 1 aromatic heterocycles. The second-order valence-electron chi connectivity index (χ2n) is 3.41. The number of benzene rings is 1. The van der Waals surface area contributed by atoms with Crippen molar-refractivity contribution in [2.75, 3.05) is 12.4 Å². The molecule has 0 aliphatic heterocycles. The zero-order valence-corrected chi connectivity index (χ0v) is 12.3. The summed E-state index contributed by atoms with van der Waals surface area (Å²) < 4.78 is 7.01. The lowest BCUT2D eigenvalue weighted by atomic mass is 10.3. The third-order valence-electron chi connectivity index (χ3n) is 2.26. The minimum absolute atomic E-state index is 0.753. The van der Waals surface area contributed by atoms with Crippen LogP contribution in [0.5, 0.6) is 5.75 Å². The Kier molecular flexibility index (Phi) is 4.31. The number of ether oxygens (including phenoxy) is 1. The van der Waals surface area contributed by atoms with E-state index in [0.717, 1.165) is 26.8 Å². The number of thiophene rings is 1. The maximum Gasteiger partial charge on any atom is 0.121 e.